The molecular formula is C46H64F2N10O6. The normalized spacial score (nSPS) is 29.8. The third-order valence-corrected chi connectivity index (χ3v) is 15.1. The second-order valence-electron chi connectivity index (χ2n) is 19.1. The summed E-state index contributed by atoms with van der Waals surface area (Å²) in [5.74, 6) is -3.12. The number of carbonyl (C=O) groups is 5. The monoisotopic (exact) mass is 890 g/mol. The zero-order valence-corrected chi connectivity index (χ0v) is 37.6. The highest BCUT2D eigenvalue weighted by atomic mass is 19.3. The number of fused-ring (bicyclic) bond motifs is 1. The van der Waals surface area contributed by atoms with E-state index in [1.807, 2.05) is 6.92 Å². The van der Waals surface area contributed by atoms with Gasteiger partial charge < -0.3 is 46.4 Å². The maximum atomic E-state index is 15.3. The summed E-state index contributed by atoms with van der Waals surface area (Å²) in [6.07, 6.45) is 1.92. The molecule has 0 spiro atoms. The van der Waals surface area contributed by atoms with Crippen LogP contribution in [-0.2, 0) is 14.4 Å². The first-order valence-electron chi connectivity index (χ1n) is 22.9. The summed E-state index contributed by atoms with van der Waals surface area (Å²) in [4.78, 5) is 73.2. The minimum absolute atomic E-state index is 0.0173. The molecule has 3 saturated heterocycles. The number of nitrogens with two attached hydrogens (primary N) is 1. The number of aliphatic hydroxyl groups is 1. The lowest BCUT2D eigenvalue weighted by molar-refractivity contribution is -0.139. The van der Waals surface area contributed by atoms with Gasteiger partial charge in [0.25, 0.3) is 5.91 Å². The van der Waals surface area contributed by atoms with E-state index in [1.54, 1.807) is 35.0 Å². The van der Waals surface area contributed by atoms with E-state index in [2.05, 4.69) is 58.0 Å². The average Bonchev–Trinajstić information content (AvgIpc) is 3.70. The fraction of sp³-hybridized carbons (Fsp3) is 0.630. The second-order valence-corrected chi connectivity index (χ2v) is 19.1. The van der Waals surface area contributed by atoms with E-state index >= 15 is 8.78 Å². The zero-order chi connectivity index (χ0) is 45.8. The Hall–Kier alpha value is -5.07. The molecule has 16 nitrogen and oxygen atoms in total. The lowest BCUT2D eigenvalue weighted by Gasteiger charge is -2.48. The molecule has 1 aromatic rings. The van der Waals surface area contributed by atoms with E-state index in [-0.39, 0.29) is 60.5 Å². The van der Waals surface area contributed by atoms with Crippen molar-refractivity contribution in [2.75, 3.05) is 65.2 Å². The second kappa shape index (κ2) is 18.1. The molecule has 7 unspecified atom stereocenters. The van der Waals surface area contributed by atoms with E-state index in [0.717, 1.165) is 58.8 Å². The molecule has 6 aliphatic heterocycles. The number of nitrogens with one attached hydrogen (secondary N) is 4. The van der Waals surface area contributed by atoms with E-state index < -0.39 is 54.4 Å². The fourth-order valence-corrected chi connectivity index (χ4v) is 11.7. The lowest BCUT2D eigenvalue weighted by atomic mass is 9.65. The van der Waals surface area contributed by atoms with Crippen LogP contribution < -0.4 is 27.0 Å². The maximum Gasteiger partial charge on any atom is 0.317 e. The standard InChI is InChI=1S/C46H64F2N10O6/c1-25-21-46(3,24-54(25)5)31-20-27-8-7-16-57(39(27)26(2)37(31)40(47)48)41(49)30-23-56(45(64)50-4)19-15-32(30)52-28-13-17-55(18-14-28)36(60)22-51-33-10-6-9-29-38(33)44(63)58(43(29)62)34-11-12-35(59)53-42(34)61/h6,9-10,20,25-26,28,34,37,40-41,44,51-52,63H,7-8,11-19,21-24,49H2,1-5H3,(H,50,64)(H,53,59,61). The van der Waals surface area contributed by atoms with Crippen LogP contribution in [0.4, 0.5) is 19.3 Å². The minimum atomic E-state index is -2.54. The van der Waals surface area contributed by atoms with Crippen LogP contribution in [0.25, 0.3) is 0 Å². The molecule has 0 aromatic heterocycles. The van der Waals surface area contributed by atoms with Crippen molar-refractivity contribution >= 4 is 35.3 Å². The van der Waals surface area contributed by atoms with Crippen molar-refractivity contribution in [2.45, 2.75) is 109 Å². The van der Waals surface area contributed by atoms with Gasteiger partial charge in [-0.15, -0.1) is 0 Å². The summed E-state index contributed by atoms with van der Waals surface area (Å²) in [6, 6.07) is 4.00. The van der Waals surface area contributed by atoms with Crippen molar-refractivity contribution in [3.05, 3.63) is 63.5 Å². The Balaban J connectivity index is 0.950. The smallest absolute Gasteiger partial charge is 0.317 e. The van der Waals surface area contributed by atoms with Crippen LogP contribution in [0.15, 0.2) is 52.4 Å². The van der Waals surface area contributed by atoms with Crippen molar-refractivity contribution in [1.82, 2.24) is 40.4 Å². The molecule has 3 fully saturated rings. The Morgan fingerprint density at radius 2 is 1.78 bits per heavy atom. The quantitative estimate of drug-likeness (QED) is 0.189. The number of halogens is 2. The van der Waals surface area contributed by atoms with Crippen LogP contribution in [0.3, 0.4) is 0 Å². The molecule has 7 atom stereocenters. The van der Waals surface area contributed by atoms with Crippen molar-refractivity contribution in [1.29, 1.82) is 0 Å². The van der Waals surface area contributed by atoms with Gasteiger partial charge in [0.15, 0.2) is 6.23 Å². The molecule has 0 saturated carbocycles. The third-order valence-electron chi connectivity index (χ3n) is 15.1. The summed E-state index contributed by atoms with van der Waals surface area (Å²) in [5.41, 5.74) is 12.5. The van der Waals surface area contributed by atoms with Gasteiger partial charge in [0, 0.05) is 122 Å². The molecule has 6 amide bonds. The Bertz CT molecular complexity index is 2140. The van der Waals surface area contributed by atoms with Crippen LogP contribution in [0, 0.1) is 17.3 Å². The molecule has 64 heavy (non-hydrogen) atoms. The van der Waals surface area contributed by atoms with Gasteiger partial charge in [-0.2, -0.15) is 0 Å². The number of hydrogen-bond acceptors (Lipinski definition) is 11. The topological polar surface area (TPSA) is 196 Å². The number of anilines is 1. The van der Waals surface area contributed by atoms with E-state index in [9.17, 15) is 29.1 Å². The summed E-state index contributed by atoms with van der Waals surface area (Å²) in [5, 5.41) is 23.1. The van der Waals surface area contributed by atoms with Gasteiger partial charge >= 0.3 is 6.03 Å². The number of carbonyl (C=O) groups excluding carboxylic acids is 5. The Morgan fingerprint density at radius 1 is 1.03 bits per heavy atom. The minimum Gasteiger partial charge on any atom is -0.385 e. The number of allylic oxidation sites excluding steroid dienone is 3. The first kappa shape index (κ1) is 45.5. The molecule has 18 heteroatoms. The number of hydrogen-bond donors (Lipinski definition) is 6. The highest BCUT2D eigenvalue weighted by Gasteiger charge is 2.50. The van der Waals surface area contributed by atoms with Crippen molar-refractivity contribution < 1.29 is 37.9 Å². The predicted octanol–water partition coefficient (Wildman–Crippen LogP) is 3.05. The number of benzene rings is 1. The number of nitrogens with zero attached hydrogens (tertiary/aromatic N) is 5. The van der Waals surface area contributed by atoms with Crippen LogP contribution in [0.2, 0.25) is 0 Å². The van der Waals surface area contributed by atoms with E-state index in [4.69, 9.17) is 5.73 Å². The summed E-state index contributed by atoms with van der Waals surface area (Å²) < 4.78 is 30.6. The highest BCUT2D eigenvalue weighted by Crippen LogP contribution is 2.52. The number of urea groups is 1. The number of imide groups is 1. The summed E-state index contributed by atoms with van der Waals surface area (Å²) in [7, 11) is 3.67. The molecule has 1 aromatic carbocycles. The molecular weight excluding hydrogens is 827 g/mol. The van der Waals surface area contributed by atoms with Crippen molar-refractivity contribution in [3.8, 4) is 0 Å². The molecule has 7 N–H and O–H groups in total. The molecule has 0 bridgehead atoms. The van der Waals surface area contributed by atoms with Gasteiger partial charge in [-0.1, -0.05) is 31.6 Å². The number of aliphatic hydroxyl groups excluding tert-OH is 1. The Kier molecular flexibility index (Phi) is 12.8. The van der Waals surface area contributed by atoms with Gasteiger partial charge in [0.05, 0.1) is 6.54 Å². The lowest BCUT2D eigenvalue weighted by Crippen LogP contribution is -2.54. The number of alkyl halides is 2. The van der Waals surface area contributed by atoms with Crippen LogP contribution in [-0.4, -0.2) is 150 Å². The largest absolute Gasteiger partial charge is 0.385 e. The Morgan fingerprint density at radius 3 is 2.45 bits per heavy atom. The van der Waals surface area contributed by atoms with Gasteiger partial charge in [0.1, 0.15) is 12.2 Å². The van der Waals surface area contributed by atoms with Crippen LogP contribution in [0.5, 0.6) is 0 Å². The number of piperidine rings is 2. The number of amides is 6. The van der Waals surface area contributed by atoms with Gasteiger partial charge in [-0.25, -0.2) is 13.6 Å². The number of likely N-dealkylation sites (tertiary alicyclic amines) is 2. The maximum absolute atomic E-state index is 15.3. The van der Waals surface area contributed by atoms with Gasteiger partial charge in [-0.3, -0.25) is 29.4 Å². The van der Waals surface area contributed by atoms with Gasteiger partial charge in [-0.05, 0) is 70.2 Å². The van der Waals surface area contributed by atoms with Crippen molar-refractivity contribution in [3.63, 3.8) is 0 Å². The average molecular weight is 891 g/mol. The molecule has 7 aliphatic rings. The molecule has 8 rings (SSSR count). The zero-order valence-electron chi connectivity index (χ0n) is 37.6. The van der Waals surface area contributed by atoms with E-state index in [0.29, 0.717) is 57.2 Å². The summed E-state index contributed by atoms with van der Waals surface area (Å²) in [6.45, 7) is 9.22. The third kappa shape index (κ3) is 8.36. The summed E-state index contributed by atoms with van der Waals surface area (Å²) >= 11 is 0. The fourth-order valence-electron chi connectivity index (χ4n) is 11.7. The van der Waals surface area contributed by atoms with E-state index in [1.165, 1.54) is 0 Å². The molecule has 0 radical (unpaired) electrons. The first-order chi connectivity index (χ1) is 30.5. The predicted molar refractivity (Wildman–Crippen MR) is 235 cm³/mol. The van der Waals surface area contributed by atoms with Crippen LogP contribution >= 0.6 is 0 Å². The Labute approximate surface area is 373 Å². The first-order valence-corrected chi connectivity index (χ1v) is 22.9. The van der Waals surface area contributed by atoms with Crippen LogP contribution in [0.1, 0.15) is 94.3 Å². The molecule has 6 heterocycles. The molecule has 1 aliphatic carbocycles. The van der Waals surface area contributed by atoms with Crippen molar-refractivity contribution in [2.24, 2.45) is 23.0 Å². The number of rotatable bonds is 10. The highest BCUT2D eigenvalue weighted by molar-refractivity contribution is 6.06. The molecule has 348 valence electrons. The van der Waals surface area contributed by atoms with Gasteiger partial charge in [0.2, 0.25) is 24.1 Å². The SMILES string of the molecule is CNC(=O)N1CCC(NC2CCN(C(=O)CNc3cccc4c3C(O)N(C3CCC(=O)NC3=O)C4=O)CC2)=C(C(N)N2CCCC3=C2C(C)C(C(F)F)C(C2(C)CC(C)N(C)C2)=C3)C1.